The van der Waals surface area contributed by atoms with Crippen molar-refractivity contribution in [2.24, 2.45) is 4.99 Å². The highest BCUT2D eigenvalue weighted by Gasteiger charge is 2.55. The number of benzene rings is 1. The molecule has 1 aromatic carbocycles. The van der Waals surface area contributed by atoms with Crippen LogP contribution in [-0.4, -0.2) is 34.5 Å². The van der Waals surface area contributed by atoms with E-state index in [1.807, 2.05) is 30.1 Å². The van der Waals surface area contributed by atoms with Gasteiger partial charge in [-0.05, 0) is 24.1 Å². The van der Waals surface area contributed by atoms with Gasteiger partial charge in [0.15, 0.2) is 10.9 Å². The molecule has 3 rings (SSSR count). The summed E-state index contributed by atoms with van der Waals surface area (Å²) >= 11 is 7.63. The number of halogens is 1. The third kappa shape index (κ3) is 1.38. The third-order valence-corrected chi connectivity index (χ3v) is 5.24. The number of thioether (sulfide) groups is 1. The molecule has 1 aliphatic heterocycles. The van der Waals surface area contributed by atoms with Crippen LogP contribution in [-0.2, 0) is 12.1 Å². The minimum atomic E-state index is -0.931. The standard InChI is InChI=1S/C12H13ClN2OS/c1-14-11-15(2)12(16)9-4-3-8(13)5-7(9)6-10(12)17-11/h3-5,10,16H,6H2,1-2H3. The molecule has 0 spiro atoms. The maximum Gasteiger partial charge on any atom is 0.178 e. The number of fused-ring (bicyclic) bond motifs is 3. The van der Waals surface area contributed by atoms with Crippen LogP contribution >= 0.6 is 23.4 Å². The van der Waals surface area contributed by atoms with Gasteiger partial charge in [-0.1, -0.05) is 29.4 Å². The van der Waals surface area contributed by atoms with Crippen molar-refractivity contribution in [2.75, 3.05) is 14.1 Å². The van der Waals surface area contributed by atoms with Crippen LogP contribution in [0.3, 0.4) is 0 Å². The van der Waals surface area contributed by atoms with E-state index in [2.05, 4.69) is 4.99 Å². The van der Waals surface area contributed by atoms with Gasteiger partial charge < -0.3 is 10.0 Å². The molecule has 1 fully saturated rings. The number of aliphatic hydroxyl groups is 1. The summed E-state index contributed by atoms with van der Waals surface area (Å²) in [5.74, 6) is 0. The Hall–Kier alpha value is -0.710. The van der Waals surface area contributed by atoms with Crippen molar-refractivity contribution in [3.63, 3.8) is 0 Å². The van der Waals surface area contributed by atoms with Gasteiger partial charge in [-0.15, -0.1) is 0 Å². The molecular formula is C12H13ClN2OS. The Morgan fingerprint density at radius 2 is 2.35 bits per heavy atom. The average molecular weight is 269 g/mol. The lowest BCUT2D eigenvalue weighted by molar-refractivity contribution is -0.0496. The zero-order chi connectivity index (χ0) is 12.2. The third-order valence-electron chi connectivity index (χ3n) is 3.56. The Labute approximate surface area is 109 Å². The van der Waals surface area contributed by atoms with E-state index in [4.69, 9.17) is 11.6 Å². The number of amidine groups is 1. The molecule has 2 aliphatic rings. The molecule has 0 amide bonds. The normalized spacial score (nSPS) is 33.1. The van der Waals surface area contributed by atoms with Crippen LogP contribution in [0.5, 0.6) is 0 Å². The first kappa shape index (κ1) is 11.4. The Kier molecular flexibility index (Phi) is 2.44. The number of hydrogen-bond acceptors (Lipinski definition) is 3. The van der Waals surface area contributed by atoms with E-state index in [0.717, 1.165) is 27.7 Å². The molecule has 0 bridgehead atoms. The highest BCUT2D eigenvalue weighted by molar-refractivity contribution is 8.14. The van der Waals surface area contributed by atoms with Crippen LogP contribution in [0.25, 0.3) is 0 Å². The second kappa shape index (κ2) is 3.64. The summed E-state index contributed by atoms with van der Waals surface area (Å²) < 4.78 is 0. The van der Waals surface area contributed by atoms with Gasteiger partial charge >= 0.3 is 0 Å². The highest BCUT2D eigenvalue weighted by Crippen LogP contribution is 2.51. The molecule has 2 unspecified atom stereocenters. The first-order valence-electron chi connectivity index (χ1n) is 5.46. The van der Waals surface area contributed by atoms with Crippen LogP contribution in [0.4, 0.5) is 0 Å². The number of nitrogens with zero attached hydrogens (tertiary/aromatic N) is 2. The maximum atomic E-state index is 10.9. The summed E-state index contributed by atoms with van der Waals surface area (Å²) in [6.45, 7) is 0. The van der Waals surface area contributed by atoms with E-state index in [1.54, 1.807) is 18.8 Å². The summed E-state index contributed by atoms with van der Waals surface area (Å²) in [6.07, 6.45) is 0.834. The van der Waals surface area contributed by atoms with Gasteiger partial charge in [0, 0.05) is 24.7 Å². The van der Waals surface area contributed by atoms with Crippen LogP contribution in [0.2, 0.25) is 5.02 Å². The Balaban J connectivity index is 2.14. The van der Waals surface area contributed by atoms with Crippen molar-refractivity contribution in [1.82, 2.24) is 4.90 Å². The van der Waals surface area contributed by atoms with Gasteiger partial charge in [-0.2, -0.15) is 0 Å². The van der Waals surface area contributed by atoms with Crippen molar-refractivity contribution in [1.29, 1.82) is 0 Å². The molecule has 1 saturated heterocycles. The van der Waals surface area contributed by atoms with Crippen LogP contribution in [0, 0.1) is 0 Å². The molecule has 1 heterocycles. The Bertz CT molecular complexity index is 519. The van der Waals surface area contributed by atoms with Crippen LogP contribution in [0.15, 0.2) is 23.2 Å². The number of aliphatic imine (C=N–C) groups is 1. The smallest absolute Gasteiger partial charge is 0.178 e. The molecular weight excluding hydrogens is 256 g/mol. The average Bonchev–Trinajstić information content (AvgIpc) is 2.70. The zero-order valence-electron chi connectivity index (χ0n) is 9.64. The Morgan fingerprint density at radius 1 is 1.59 bits per heavy atom. The summed E-state index contributed by atoms with van der Waals surface area (Å²) in [7, 11) is 3.64. The lowest BCUT2D eigenvalue weighted by Gasteiger charge is -2.31. The van der Waals surface area contributed by atoms with E-state index in [1.165, 1.54) is 0 Å². The summed E-state index contributed by atoms with van der Waals surface area (Å²) in [6, 6.07) is 5.71. The van der Waals surface area contributed by atoms with Gasteiger partial charge in [0.25, 0.3) is 0 Å². The van der Waals surface area contributed by atoms with Crippen molar-refractivity contribution < 1.29 is 5.11 Å². The van der Waals surface area contributed by atoms with Gasteiger partial charge in [-0.25, -0.2) is 0 Å². The fourth-order valence-electron chi connectivity index (χ4n) is 2.68. The first-order chi connectivity index (χ1) is 8.07. The van der Waals surface area contributed by atoms with E-state index < -0.39 is 5.72 Å². The van der Waals surface area contributed by atoms with E-state index in [0.29, 0.717) is 0 Å². The van der Waals surface area contributed by atoms with Crippen molar-refractivity contribution in [3.05, 3.63) is 34.3 Å². The largest absolute Gasteiger partial charge is 0.366 e. The van der Waals surface area contributed by atoms with Crippen molar-refractivity contribution >= 4 is 28.5 Å². The minimum absolute atomic E-state index is 0.111. The van der Waals surface area contributed by atoms with Gasteiger partial charge in [0.1, 0.15) is 0 Å². The summed E-state index contributed by atoms with van der Waals surface area (Å²) in [5, 5.41) is 12.6. The molecule has 17 heavy (non-hydrogen) atoms. The maximum absolute atomic E-state index is 10.9. The first-order valence-corrected chi connectivity index (χ1v) is 6.71. The van der Waals surface area contributed by atoms with Gasteiger partial charge in [0.2, 0.25) is 0 Å². The second-order valence-electron chi connectivity index (χ2n) is 4.40. The molecule has 3 nitrogen and oxygen atoms in total. The molecule has 0 saturated carbocycles. The van der Waals surface area contributed by atoms with Crippen LogP contribution in [0.1, 0.15) is 11.1 Å². The summed E-state index contributed by atoms with van der Waals surface area (Å²) in [4.78, 5) is 6.07. The predicted molar refractivity (Wildman–Crippen MR) is 71.6 cm³/mol. The molecule has 0 radical (unpaired) electrons. The molecule has 0 aromatic heterocycles. The second-order valence-corrected chi connectivity index (χ2v) is 6.01. The molecule has 1 aliphatic carbocycles. The monoisotopic (exact) mass is 268 g/mol. The molecule has 1 N–H and O–H groups in total. The van der Waals surface area contributed by atoms with Crippen molar-refractivity contribution in [2.45, 2.75) is 17.4 Å². The topological polar surface area (TPSA) is 35.8 Å². The highest BCUT2D eigenvalue weighted by atomic mass is 35.5. The fourth-order valence-corrected chi connectivity index (χ4v) is 4.25. The van der Waals surface area contributed by atoms with Gasteiger partial charge in [0.05, 0.1) is 5.25 Å². The number of rotatable bonds is 0. The quantitative estimate of drug-likeness (QED) is 0.783. The van der Waals surface area contributed by atoms with E-state index in [9.17, 15) is 5.11 Å². The Morgan fingerprint density at radius 3 is 3.06 bits per heavy atom. The van der Waals surface area contributed by atoms with E-state index in [-0.39, 0.29) is 5.25 Å². The van der Waals surface area contributed by atoms with Gasteiger partial charge in [-0.3, -0.25) is 4.99 Å². The number of hydrogen-bond donors (Lipinski definition) is 1. The molecule has 1 aromatic rings. The minimum Gasteiger partial charge on any atom is -0.366 e. The SMILES string of the molecule is CN=C1SC2Cc3cc(Cl)ccc3C2(O)N1C. The van der Waals surface area contributed by atoms with Crippen molar-refractivity contribution in [3.8, 4) is 0 Å². The molecule has 5 heteroatoms. The molecule has 90 valence electrons. The van der Waals surface area contributed by atoms with E-state index >= 15 is 0 Å². The van der Waals surface area contributed by atoms with Crippen LogP contribution < -0.4 is 0 Å². The predicted octanol–water partition coefficient (Wildman–Crippen LogP) is 2.07. The lowest BCUT2D eigenvalue weighted by atomic mass is 10.0. The molecule has 2 atom stereocenters. The lowest BCUT2D eigenvalue weighted by Crippen LogP contribution is -2.44. The zero-order valence-corrected chi connectivity index (χ0v) is 11.2. The summed E-state index contributed by atoms with van der Waals surface area (Å²) in [5.41, 5.74) is 1.17. The fraction of sp³-hybridized carbons (Fsp3) is 0.417.